The predicted octanol–water partition coefficient (Wildman–Crippen LogP) is 1.15. The van der Waals surface area contributed by atoms with E-state index >= 15 is 0 Å². The standard InChI is InChI=1S/C13H28N4/c1-5-15-13(12-14)8-11-17(6-2)10-7-9-16(3)4/h13,15H,5-11H2,1-4H3. The molecule has 0 aliphatic carbocycles. The number of hydrogen-bond acceptors (Lipinski definition) is 4. The average Bonchev–Trinajstić information content (AvgIpc) is 2.31. The Hall–Kier alpha value is -0.630. The van der Waals surface area contributed by atoms with Gasteiger partial charge in [-0.15, -0.1) is 0 Å². The maximum atomic E-state index is 8.95. The van der Waals surface area contributed by atoms with E-state index in [9.17, 15) is 0 Å². The van der Waals surface area contributed by atoms with Crippen molar-refractivity contribution in [3.05, 3.63) is 0 Å². The van der Waals surface area contributed by atoms with E-state index in [0.717, 1.165) is 39.1 Å². The van der Waals surface area contributed by atoms with Crippen LogP contribution in [0.25, 0.3) is 0 Å². The Labute approximate surface area is 107 Å². The smallest absolute Gasteiger partial charge is 0.0965 e. The average molecular weight is 240 g/mol. The Bertz CT molecular complexity index is 210. The molecule has 1 N–H and O–H groups in total. The second kappa shape index (κ2) is 10.5. The topological polar surface area (TPSA) is 42.3 Å². The first-order valence-electron chi connectivity index (χ1n) is 6.64. The van der Waals surface area contributed by atoms with Crippen molar-refractivity contribution >= 4 is 0 Å². The first kappa shape index (κ1) is 16.4. The van der Waals surface area contributed by atoms with Gasteiger partial charge < -0.3 is 15.1 Å². The summed E-state index contributed by atoms with van der Waals surface area (Å²) >= 11 is 0. The highest BCUT2D eigenvalue weighted by molar-refractivity contribution is 4.89. The summed E-state index contributed by atoms with van der Waals surface area (Å²) in [6.07, 6.45) is 2.11. The van der Waals surface area contributed by atoms with Crippen molar-refractivity contribution in [2.75, 3.05) is 46.8 Å². The molecule has 0 aromatic carbocycles. The minimum atomic E-state index is 0.00268. The van der Waals surface area contributed by atoms with Crippen LogP contribution in [0.15, 0.2) is 0 Å². The minimum Gasteiger partial charge on any atom is -0.309 e. The van der Waals surface area contributed by atoms with Crippen LogP contribution in [0.2, 0.25) is 0 Å². The zero-order valence-electron chi connectivity index (χ0n) is 11.9. The van der Waals surface area contributed by atoms with Gasteiger partial charge in [-0.1, -0.05) is 13.8 Å². The summed E-state index contributed by atoms with van der Waals surface area (Å²) in [5, 5.41) is 12.1. The third kappa shape index (κ3) is 9.11. The molecule has 0 aromatic rings. The van der Waals surface area contributed by atoms with Gasteiger partial charge in [-0.3, -0.25) is 0 Å². The predicted molar refractivity (Wildman–Crippen MR) is 73.0 cm³/mol. The molecule has 4 nitrogen and oxygen atoms in total. The lowest BCUT2D eigenvalue weighted by atomic mass is 10.2. The first-order chi connectivity index (χ1) is 8.13. The van der Waals surface area contributed by atoms with Crippen LogP contribution in [0.5, 0.6) is 0 Å². The van der Waals surface area contributed by atoms with E-state index in [1.807, 2.05) is 6.92 Å². The van der Waals surface area contributed by atoms with Gasteiger partial charge >= 0.3 is 0 Å². The lowest BCUT2D eigenvalue weighted by Crippen LogP contribution is -2.34. The van der Waals surface area contributed by atoms with E-state index in [4.69, 9.17) is 5.26 Å². The van der Waals surface area contributed by atoms with Gasteiger partial charge in [-0.2, -0.15) is 5.26 Å². The van der Waals surface area contributed by atoms with E-state index < -0.39 is 0 Å². The molecular weight excluding hydrogens is 212 g/mol. The van der Waals surface area contributed by atoms with E-state index in [2.05, 4.69) is 42.2 Å². The number of hydrogen-bond donors (Lipinski definition) is 1. The number of rotatable bonds is 10. The Kier molecular flexibility index (Phi) is 10.1. The molecule has 17 heavy (non-hydrogen) atoms. The Morgan fingerprint density at radius 3 is 2.35 bits per heavy atom. The van der Waals surface area contributed by atoms with E-state index in [1.165, 1.54) is 6.42 Å². The molecule has 0 aliphatic rings. The fourth-order valence-corrected chi connectivity index (χ4v) is 1.81. The lowest BCUT2D eigenvalue weighted by molar-refractivity contribution is 0.258. The fourth-order valence-electron chi connectivity index (χ4n) is 1.81. The highest BCUT2D eigenvalue weighted by atomic mass is 15.1. The fraction of sp³-hybridized carbons (Fsp3) is 0.923. The van der Waals surface area contributed by atoms with Gasteiger partial charge in [0.1, 0.15) is 0 Å². The number of nitriles is 1. The van der Waals surface area contributed by atoms with Crippen molar-refractivity contribution in [3.8, 4) is 6.07 Å². The van der Waals surface area contributed by atoms with Crippen LogP contribution >= 0.6 is 0 Å². The maximum Gasteiger partial charge on any atom is 0.0965 e. The van der Waals surface area contributed by atoms with E-state index in [-0.39, 0.29) is 6.04 Å². The normalized spacial score (nSPS) is 13.0. The van der Waals surface area contributed by atoms with Gasteiger partial charge in [0.25, 0.3) is 0 Å². The van der Waals surface area contributed by atoms with Gasteiger partial charge in [0.15, 0.2) is 0 Å². The Morgan fingerprint density at radius 1 is 1.18 bits per heavy atom. The molecule has 0 saturated carbocycles. The van der Waals surface area contributed by atoms with Crippen LogP contribution in [0.4, 0.5) is 0 Å². The molecule has 0 saturated heterocycles. The summed E-state index contributed by atoms with van der Waals surface area (Å²) in [5.74, 6) is 0. The number of nitrogens with one attached hydrogen (secondary N) is 1. The molecule has 0 amide bonds. The largest absolute Gasteiger partial charge is 0.309 e. The maximum absolute atomic E-state index is 8.95. The molecule has 100 valence electrons. The van der Waals surface area contributed by atoms with Gasteiger partial charge in [-0.05, 0) is 53.1 Å². The van der Waals surface area contributed by atoms with Crippen molar-refractivity contribution in [2.45, 2.75) is 32.7 Å². The van der Waals surface area contributed by atoms with Crippen molar-refractivity contribution in [1.82, 2.24) is 15.1 Å². The van der Waals surface area contributed by atoms with Crippen LogP contribution in [-0.2, 0) is 0 Å². The van der Waals surface area contributed by atoms with Crippen molar-refractivity contribution in [2.24, 2.45) is 0 Å². The SMILES string of the molecule is CCNC(C#N)CCN(CC)CCCN(C)C. The molecular formula is C13H28N4. The molecule has 0 aromatic heterocycles. The Balaban J connectivity index is 3.77. The van der Waals surface area contributed by atoms with Crippen LogP contribution in [0, 0.1) is 11.3 Å². The summed E-state index contributed by atoms with van der Waals surface area (Å²) in [6, 6.07) is 2.31. The monoisotopic (exact) mass is 240 g/mol. The molecule has 0 aliphatic heterocycles. The van der Waals surface area contributed by atoms with Crippen molar-refractivity contribution in [3.63, 3.8) is 0 Å². The lowest BCUT2D eigenvalue weighted by Gasteiger charge is -2.22. The molecule has 1 atom stereocenters. The first-order valence-corrected chi connectivity index (χ1v) is 6.64. The Morgan fingerprint density at radius 2 is 1.88 bits per heavy atom. The molecule has 0 heterocycles. The van der Waals surface area contributed by atoms with Gasteiger partial charge in [-0.25, -0.2) is 0 Å². The molecule has 0 radical (unpaired) electrons. The molecule has 1 unspecified atom stereocenters. The second-order valence-electron chi connectivity index (χ2n) is 4.62. The van der Waals surface area contributed by atoms with Gasteiger partial charge in [0.2, 0.25) is 0 Å². The molecule has 0 fully saturated rings. The summed E-state index contributed by atoms with van der Waals surface area (Å²) in [5.41, 5.74) is 0. The van der Waals surface area contributed by atoms with Crippen LogP contribution < -0.4 is 5.32 Å². The zero-order chi connectivity index (χ0) is 13.1. The van der Waals surface area contributed by atoms with E-state index in [0.29, 0.717) is 0 Å². The molecule has 4 heteroatoms. The molecule has 0 rings (SSSR count). The molecule has 0 bridgehead atoms. The van der Waals surface area contributed by atoms with Crippen LogP contribution in [-0.4, -0.2) is 62.7 Å². The van der Waals surface area contributed by atoms with Crippen LogP contribution in [0.3, 0.4) is 0 Å². The highest BCUT2D eigenvalue weighted by Crippen LogP contribution is 1.98. The zero-order valence-corrected chi connectivity index (χ0v) is 11.9. The van der Waals surface area contributed by atoms with Crippen molar-refractivity contribution < 1.29 is 0 Å². The quantitative estimate of drug-likeness (QED) is 0.622. The minimum absolute atomic E-state index is 0.00268. The summed E-state index contributed by atoms with van der Waals surface area (Å²) < 4.78 is 0. The van der Waals surface area contributed by atoms with E-state index in [1.54, 1.807) is 0 Å². The summed E-state index contributed by atoms with van der Waals surface area (Å²) in [7, 11) is 4.21. The third-order valence-electron chi connectivity index (χ3n) is 2.87. The van der Waals surface area contributed by atoms with Crippen LogP contribution in [0.1, 0.15) is 26.7 Å². The summed E-state index contributed by atoms with van der Waals surface area (Å²) in [4.78, 5) is 4.63. The highest BCUT2D eigenvalue weighted by Gasteiger charge is 2.08. The van der Waals surface area contributed by atoms with Gasteiger partial charge in [0.05, 0.1) is 12.1 Å². The number of nitrogens with zero attached hydrogens (tertiary/aromatic N) is 3. The van der Waals surface area contributed by atoms with Gasteiger partial charge in [0, 0.05) is 6.54 Å². The molecule has 0 spiro atoms. The van der Waals surface area contributed by atoms with Crippen molar-refractivity contribution in [1.29, 1.82) is 5.26 Å². The second-order valence-corrected chi connectivity index (χ2v) is 4.62. The summed E-state index contributed by atoms with van der Waals surface area (Å²) in [6.45, 7) is 9.42. The third-order valence-corrected chi connectivity index (χ3v) is 2.87.